The fourth-order valence-electron chi connectivity index (χ4n) is 2.23. The Hall–Kier alpha value is -0.260. The third-order valence-corrected chi connectivity index (χ3v) is 3.11. The van der Waals surface area contributed by atoms with Crippen LogP contribution in [-0.4, -0.2) is 0 Å². The second-order valence-electron chi connectivity index (χ2n) is 4.23. The van der Waals surface area contributed by atoms with Crippen LogP contribution in [0, 0.1) is 11.8 Å². The molecule has 1 aliphatic rings. The first kappa shape index (κ1) is 9.83. The summed E-state index contributed by atoms with van der Waals surface area (Å²) in [5, 5.41) is 0. The van der Waals surface area contributed by atoms with Crippen LogP contribution in [0.3, 0.4) is 0 Å². The molecule has 1 rings (SSSR count). The van der Waals surface area contributed by atoms with Crippen molar-refractivity contribution in [2.45, 2.75) is 52.9 Å². The zero-order chi connectivity index (χ0) is 8.97. The van der Waals surface area contributed by atoms with E-state index in [1.54, 1.807) is 5.57 Å². The molecule has 0 N–H and O–H groups in total. The van der Waals surface area contributed by atoms with Crippen molar-refractivity contribution < 1.29 is 0 Å². The Morgan fingerprint density at radius 2 is 2.33 bits per heavy atom. The van der Waals surface area contributed by atoms with Gasteiger partial charge in [-0.1, -0.05) is 45.3 Å². The van der Waals surface area contributed by atoms with Gasteiger partial charge in [-0.15, -0.1) is 0 Å². The number of allylic oxidation sites excluding steroid dienone is 2. The maximum Gasteiger partial charge on any atom is -0.0226 e. The van der Waals surface area contributed by atoms with Gasteiger partial charge in [-0.05, 0) is 31.1 Å². The van der Waals surface area contributed by atoms with Gasteiger partial charge >= 0.3 is 0 Å². The highest BCUT2D eigenvalue weighted by atomic mass is 14.2. The number of hydrogen-bond donors (Lipinski definition) is 0. The van der Waals surface area contributed by atoms with Gasteiger partial charge in [0.15, 0.2) is 0 Å². The van der Waals surface area contributed by atoms with Crippen LogP contribution in [0.2, 0.25) is 0 Å². The first-order valence-corrected chi connectivity index (χ1v) is 5.45. The van der Waals surface area contributed by atoms with Gasteiger partial charge < -0.3 is 0 Å². The summed E-state index contributed by atoms with van der Waals surface area (Å²) in [5.74, 6) is 1.72. The van der Waals surface area contributed by atoms with Gasteiger partial charge in [-0.25, -0.2) is 0 Å². The zero-order valence-electron chi connectivity index (χ0n) is 8.77. The van der Waals surface area contributed by atoms with Crippen molar-refractivity contribution in [3.8, 4) is 0 Å². The fraction of sp³-hybridized carbons (Fsp3) is 0.833. The van der Waals surface area contributed by atoms with E-state index in [2.05, 4.69) is 26.8 Å². The summed E-state index contributed by atoms with van der Waals surface area (Å²) >= 11 is 0. The van der Waals surface area contributed by atoms with Crippen molar-refractivity contribution in [1.82, 2.24) is 0 Å². The first-order chi connectivity index (χ1) is 5.75. The predicted molar refractivity (Wildman–Crippen MR) is 55.2 cm³/mol. The third-order valence-electron chi connectivity index (χ3n) is 3.11. The largest absolute Gasteiger partial charge is 0.0848 e. The smallest absolute Gasteiger partial charge is 0.0226 e. The molecule has 1 aliphatic carbocycles. The van der Waals surface area contributed by atoms with E-state index in [9.17, 15) is 0 Å². The SMILES string of the molecule is CCCCC(C)C1=CCCC1C. The van der Waals surface area contributed by atoms with Crippen molar-refractivity contribution in [2.24, 2.45) is 11.8 Å². The van der Waals surface area contributed by atoms with Crippen molar-refractivity contribution in [1.29, 1.82) is 0 Å². The molecule has 0 nitrogen and oxygen atoms in total. The Morgan fingerprint density at radius 1 is 1.58 bits per heavy atom. The van der Waals surface area contributed by atoms with E-state index >= 15 is 0 Å². The molecule has 0 heterocycles. The van der Waals surface area contributed by atoms with Gasteiger partial charge in [0.2, 0.25) is 0 Å². The molecule has 12 heavy (non-hydrogen) atoms. The molecule has 0 aromatic rings. The summed E-state index contributed by atoms with van der Waals surface area (Å²) < 4.78 is 0. The van der Waals surface area contributed by atoms with Gasteiger partial charge in [-0.3, -0.25) is 0 Å². The van der Waals surface area contributed by atoms with Crippen LogP contribution in [0.4, 0.5) is 0 Å². The summed E-state index contributed by atoms with van der Waals surface area (Å²) in [4.78, 5) is 0. The lowest BCUT2D eigenvalue weighted by Gasteiger charge is -2.16. The van der Waals surface area contributed by atoms with Crippen LogP contribution < -0.4 is 0 Å². The molecule has 0 spiro atoms. The van der Waals surface area contributed by atoms with Gasteiger partial charge in [-0.2, -0.15) is 0 Å². The lowest BCUT2D eigenvalue weighted by Crippen LogP contribution is -2.04. The van der Waals surface area contributed by atoms with Crippen LogP contribution in [-0.2, 0) is 0 Å². The van der Waals surface area contributed by atoms with E-state index in [4.69, 9.17) is 0 Å². The fourth-order valence-corrected chi connectivity index (χ4v) is 2.23. The van der Waals surface area contributed by atoms with Gasteiger partial charge in [0.05, 0.1) is 0 Å². The minimum atomic E-state index is 0.849. The molecule has 0 fully saturated rings. The number of unbranched alkanes of at least 4 members (excludes halogenated alkanes) is 1. The topological polar surface area (TPSA) is 0 Å². The van der Waals surface area contributed by atoms with Crippen molar-refractivity contribution >= 4 is 0 Å². The number of hydrogen-bond acceptors (Lipinski definition) is 0. The van der Waals surface area contributed by atoms with Gasteiger partial charge in [0, 0.05) is 0 Å². The monoisotopic (exact) mass is 166 g/mol. The third kappa shape index (κ3) is 2.36. The van der Waals surface area contributed by atoms with Crippen LogP contribution in [0.15, 0.2) is 11.6 Å². The Kier molecular flexibility index (Phi) is 3.84. The van der Waals surface area contributed by atoms with E-state index in [1.807, 2.05) is 0 Å². The molecule has 0 saturated carbocycles. The molecule has 0 aromatic heterocycles. The average molecular weight is 166 g/mol. The number of rotatable bonds is 4. The maximum atomic E-state index is 2.48. The Labute approximate surface area is 77.1 Å². The predicted octanol–water partition coefficient (Wildman–Crippen LogP) is 4.17. The molecule has 0 radical (unpaired) electrons. The van der Waals surface area contributed by atoms with E-state index in [0.29, 0.717) is 0 Å². The molecule has 0 bridgehead atoms. The molecule has 0 heteroatoms. The van der Waals surface area contributed by atoms with Crippen LogP contribution in [0.5, 0.6) is 0 Å². The van der Waals surface area contributed by atoms with Crippen LogP contribution in [0.25, 0.3) is 0 Å². The molecule has 0 aliphatic heterocycles. The molecule has 0 aromatic carbocycles. The lowest BCUT2D eigenvalue weighted by molar-refractivity contribution is 0.512. The normalized spacial score (nSPS) is 25.6. The summed E-state index contributed by atoms with van der Waals surface area (Å²) in [7, 11) is 0. The maximum absolute atomic E-state index is 2.48. The quantitative estimate of drug-likeness (QED) is 0.550. The van der Waals surface area contributed by atoms with Gasteiger partial charge in [0.25, 0.3) is 0 Å². The summed E-state index contributed by atoms with van der Waals surface area (Å²) in [6.45, 7) is 7.05. The summed E-state index contributed by atoms with van der Waals surface area (Å²) in [6.07, 6.45) is 9.33. The van der Waals surface area contributed by atoms with E-state index in [0.717, 1.165) is 11.8 Å². The molecule has 0 saturated heterocycles. The second kappa shape index (κ2) is 4.69. The standard InChI is InChI=1S/C12H22/c1-4-5-7-10(2)12-9-6-8-11(12)3/h9-11H,4-8H2,1-3H3. The van der Waals surface area contributed by atoms with Crippen molar-refractivity contribution in [3.05, 3.63) is 11.6 Å². The second-order valence-corrected chi connectivity index (χ2v) is 4.23. The van der Waals surface area contributed by atoms with E-state index in [-0.39, 0.29) is 0 Å². The van der Waals surface area contributed by atoms with Crippen molar-refractivity contribution in [2.75, 3.05) is 0 Å². The Bertz CT molecular complexity index is 155. The van der Waals surface area contributed by atoms with Crippen LogP contribution in [0.1, 0.15) is 52.9 Å². The lowest BCUT2D eigenvalue weighted by atomic mass is 9.89. The van der Waals surface area contributed by atoms with E-state index < -0.39 is 0 Å². The summed E-state index contributed by atoms with van der Waals surface area (Å²) in [6, 6.07) is 0. The molecule has 2 unspecified atom stereocenters. The van der Waals surface area contributed by atoms with Crippen molar-refractivity contribution in [3.63, 3.8) is 0 Å². The van der Waals surface area contributed by atoms with Crippen LogP contribution >= 0.6 is 0 Å². The molecule has 0 amide bonds. The molecule has 2 atom stereocenters. The first-order valence-electron chi connectivity index (χ1n) is 5.45. The van der Waals surface area contributed by atoms with Gasteiger partial charge in [0.1, 0.15) is 0 Å². The Morgan fingerprint density at radius 3 is 2.83 bits per heavy atom. The summed E-state index contributed by atoms with van der Waals surface area (Å²) in [5.41, 5.74) is 1.74. The average Bonchev–Trinajstić information content (AvgIpc) is 2.47. The molecular weight excluding hydrogens is 144 g/mol. The highest BCUT2D eigenvalue weighted by Crippen LogP contribution is 2.32. The molecule has 70 valence electrons. The van der Waals surface area contributed by atoms with E-state index in [1.165, 1.54) is 32.1 Å². The minimum Gasteiger partial charge on any atom is -0.0848 e. The minimum absolute atomic E-state index is 0.849. The molecular formula is C12H22. The highest BCUT2D eigenvalue weighted by Gasteiger charge is 2.18. The zero-order valence-corrected chi connectivity index (χ0v) is 8.77. The highest BCUT2D eigenvalue weighted by molar-refractivity contribution is 5.14. The Balaban J connectivity index is 2.35.